The van der Waals surface area contributed by atoms with Gasteiger partial charge in [-0.15, -0.1) is 0 Å². The van der Waals surface area contributed by atoms with Crippen molar-refractivity contribution in [1.29, 1.82) is 0 Å². The summed E-state index contributed by atoms with van der Waals surface area (Å²) in [5, 5.41) is 0. The van der Waals surface area contributed by atoms with Gasteiger partial charge in [0.05, 0.1) is 0 Å². The predicted molar refractivity (Wildman–Crippen MR) is 96.3 cm³/mol. The maximum atomic E-state index is 7.05. The van der Waals surface area contributed by atoms with E-state index in [2.05, 4.69) is 55.5 Å². The van der Waals surface area contributed by atoms with Crippen LogP contribution in [-0.4, -0.2) is 0 Å². The van der Waals surface area contributed by atoms with Gasteiger partial charge < -0.3 is 0 Å². The standard InChI is InChI=1S/C21H33/c1-3-5-7-9-11-13-15-17-19-21-20-18-16-14-12-10-8-6-4-2/h11-14,17-20H,3-10,15-16,21H2,1H3/b13-11-,14-12-,19-17-,20-18-. The SMILES string of the molecule is [C]CCCC/C=C\C/C=C\C/C=C\C/C=C\CCCCC. The molecule has 0 bridgehead atoms. The lowest BCUT2D eigenvalue weighted by molar-refractivity contribution is 0.728. The van der Waals surface area contributed by atoms with E-state index in [0.29, 0.717) is 6.42 Å². The Morgan fingerprint density at radius 1 is 0.571 bits per heavy atom. The summed E-state index contributed by atoms with van der Waals surface area (Å²) in [4.78, 5) is 0. The van der Waals surface area contributed by atoms with Crippen LogP contribution in [0.1, 0.15) is 77.6 Å². The maximum absolute atomic E-state index is 7.05. The molecule has 0 amide bonds. The Kier molecular flexibility index (Phi) is 18.0. The van der Waals surface area contributed by atoms with Crippen LogP contribution in [0.3, 0.4) is 0 Å². The van der Waals surface area contributed by atoms with Crippen LogP contribution in [0.4, 0.5) is 0 Å². The molecule has 0 aromatic rings. The van der Waals surface area contributed by atoms with Crippen LogP contribution < -0.4 is 0 Å². The second-order valence-electron chi connectivity index (χ2n) is 5.33. The van der Waals surface area contributed by atoms with Crippen molar-refractivity contribution in [3.8, 4) is 0 Å². The van der Waals surface area contributed by atoms with Gasteiger partial charge >= 0.3 is 0 Å². The zero-order valence-electron chi connectivity index (χ0n) is 13.9. The fourth-order valence-electron chi connectivity index (χ4n) is 1.95. The minimum Gasteiger partial charge on any atom is -0.0882 e. The van der Waals surface area contributed by atoms with Crippen molar-refractivity contribution in [1.82, 2.24) is 0 Å². The normalized spacial score (nSPS) is 12.7. The molecule has 0 fully saturated rings. The number of hydrogen-bond acceptors (Lipinski definition) is 0. The molecule has 0 aromatic carbocycles. The molecule has 117 valence electrons. The van der Waals surface area contributed by atoms with E-state index in [1.165, 1.54) is 25.7 Å². The van der Waals surface area contributed by atoms with Gasteiger partial charge in [-0.05, 0) is 58.3 Å². The number of rotatable bonds is 14. The summed E-state index contributed by atoms with van der Waals surface area (Å²) >= 11 is 0. The fourth-order valence-corrected chi connectivity index (χ4v) is 1.95. The van der Waals surface area contributed by atoms with E-state index in [1.54, 1.807) is 0 Å². The fraction of sp³-hybridized carbons (Fsp3) is 0.571. The molecule has 0 nitrogen and oxygen atoms in total. The molecule has 0 N–H and O–H groups in total. The molecule has 0 aliphatic rings. The highest BCUT2D eigenvalue weighted by atomic mass is 13.9. The van der Waals surface area contributed by atoms with E-state index in [4.69, 9.17) is 6.92 Å². The van der Waals surface area contributed by atoms with Crippen LogP contribution in [-0.2, 0) is 0 Å². The molecule has 0 heterocycles. The summed E-state index contributed by atoms with van der Waals surface area (Å²) in [7, 11) is 0. The first-order valence-corrected chi connectivity index (χ1v) is 8.66. The molecule has 0 aromatic heterocycles. The molecule has 0 unspecified atom stereocenters. The van der Waals surface area contributed by atoms with Crippen LogP contribution in [0, 0.1) is 6.92 Å². The minimum atomic E-state index is 0.563. The third kappa shape index (κ3) is 19.0. The molecular formula is C21H33. The summed E-state index contributed by atoms with van der Waals surface area (Å²) in [6.45, 7) is 9.29. The summed E-state index contributed by atoms with van der Waals surface area (Å²) in [5.74, 6) is 0. The van der Waals surface area contributed by atoms with E-state index in [1.807, 2.05) is 0 Å². The van der Waals surface area contributed by atoms with Gasteiger partial charge in [0, 0.05) is 0 Å². The molecule has 0 saturated carbocycles. The largest absolute Gasteiger partial charge is 0.0882 e. The Hall–Kier alpha value is -1.04. The molecule has 0 saturated heterocycles. The van der Waals surface area contributed by atoms with Crippen LogP contribution >= 0.6 is 0 Å². The summed E-state index contributed by atoms with van der Waals surface area (Å²) in [6, 6.07) is 0. The Bertz CT molecular complexity index is 261. The lowest BCUT2D eigenvalue weighted by Gasteiger charge is -1.91. The third-order valence-electron chi connectivity index (χ3n) is 3.26. The van der Waals surface area contributed by atoms with Crippen molar-refractivity contribution in [3.05, 3.63) is 55.5 Å². The average Bonchev–Trinajstić information content (AvgIpc) is 2.50. The van der Waals surface area contributed by atoms with Crippen LogP contribution in [0.25, 0.3) is 0 Å². The Labute approximate surface area is 133 Å². The third-order valence-corrected chi connectivity index (χ3v) is 3.26. The first kappa shape index (κ1) is 20.0. The molecule has 3 radical (unpaired) electrons. The lowest BCUT2D eigenvalue weighted by atomic mass is 10.2. The van der Waals surface area contributed by atoms with Crippen LogP contribution in [0.5, 0.6) is 0 Å². The summed E-state index contributed by atoms with van der Waals surface area (Å²) in [6.07, 6.45) is 30.2. The van der Waals surface area contributed by atoms with Crippen molar-refractivity contribution in [2.75, 3.05) is 0 Å². The zero-order chi connectivity index (χ0) is 15.4. The van der Waals surface area contributed by atoms with Gasteiger partial charge in [-0.3, -0.25) is 0 Å². The molecule has 0 aliphatic heterocycles. The highest BCUT2D eigenvalue weighted by molar-refractivity contribution is 4.99. The second kappa shape index (κ2) is 19.0. The average molecular weight is 285 g/mol. The highest BCUT2D eigenvalue weighted by Gasteiger charge is 1.81. The van der Waals surface area contributed by atoms with E-state index in [0.717, 1.165) is 38.5 Å². The van der Waals surface area contributed by atoms with Gasteiger partial charge in [-0.2, -0.15) is 0 Å². The molecule has 21 heavy (non-hydrogen) atoms. The minimum absolute atomic E-state index is 0.563. The Morgan fingerprint density at radius 3 is 1.43 bits per heavy atom. The Morgan fingerprint density at radius 2 is 1.00 bits per heavy atom. The van der Waals surface area contributed by atoms with Gasteiger partial charge in [0.25, 0.3) is 0 Å². The molecule has 0 atom stereocenters. The quantitative estimate of drug-likeness (QED) is 0.235. The molecular weight excluding hydrogens is 252 g/mol. The molecule has 0 rings (SSSR count). The van der Waals surface area contributed by atoms with E-state index < -0.39 is 0 Å². The van der Waals surface area contributed by atoms with Gasteiger partial charge in [0.2, 0.25) is 0 Å². The van der Waals surface area contributed by atoms with Crippen molar-refractivity contribution in [2.24, 2.45) is 0 Å². The van der Waals surface area contributed by atoms with E-state index in [9.17, 15) is 0 Å². The maximum Gasteiger partial charge on any atom is -0.00936 e. The second-order valence-corrected chi connectivity index (χ2v) is 5.33. The van der Waals surface area contributed by atoms with Crippen molar-refractivity contribution >= 4 is 0 Å². The predicted octanol–water partition coefficient (Wildman–Crippen LogP) is 7.11. The van der Waals surface area contributed by atoms with Crippen LogP contribution in [0.2, 0.25) is 0 Å². The molecule has 0 aliphatic carbocycles. The van der Waals surface area contributed by atoms with Gasteiger partial charge in [0.15, 0.2) is 0 Å². The van der Waals surface area contributed by atoms with Crippen molar-refractivity contribution in [3.63, 3.8) is 0 Å². The van der Waals surface area contributed by atoms with Gasteiger partial charge in [-0.1, -0.05) is 74.8 Å². The zero-order valence-corrected chi connectivity index (χ0v) is 13.9. The summed E-state index contributed by atoms with van der Waals surface area (Å²) in [5.41, 5.74) is 0. The van der Waals surface area contributed by atoms with Gasteiger partial charge in [0.1, 0.15) is 0 Å². The van der Waals surface area contributed by atoms with Crippen molar-refractivity contribution < 1.29 is 0 Å². The first-order valence-electron chi connectivity index (χ1n) is 8.66. The highest BCUT2D eigenvalue weighted by Crippen LogP contribution is 2.01. The first-order chi connectivity index (χ1) is 10.4. The van der Waals surface area contributed by atoms with E-state index >= 15 is 0 Å². The monoisotopic (exact) mass is 285 g/mol. The number of hydrogen-bond donors (Lipinski definition) is 0. The van der Waals surface area contributed by atoms with Gasteiger partial charge in [-0.25, -0.2) is 0 Å². The number of unbranched alkanes of at least 4 members (excludes halogenated alkanes) is 6. The Balaban J connectivity index is 3.35. The topological polar surface area (TPSA) is 0 Å². The smallest absolute Gasteiger partial charge is 0.00936 e. The molecule has 0 spiro atoms. The summed E-state index contributed by atoms with van der Waals surface area (Å²) < 4.78 is 0. The van der Waals surface area contributed by atoms with Crippen LogP contribution in [0.15, 0.2) is 48.6 Å². The van der Waals surface area contributed by atoms with Crippen molar-refractivity contribution in [2.45, 2.75) is 77.6 Å². The lowest BCUT2D eigenvalue weighted by Crippen LogP contribution is -1.71. The number of allylic oxidation sites excluding steroid dienone is 8. The van der Waals surface area contributed by atoms with E-state index in [-0.39, 0.29) is 0 Å². The molecule has 0 heteroatoms.